The number of aromatic nitrogens is 7. The predicted octanol–water partition coefficient (Wildman–Crippen LogP) is -0.272. The molecule has 0 aromatic carbocycles. The molecular formula is C18H16FN8Na. The van der Waals surface area contributed by atoms with Crippen LogP contribution in [0.1, 0.15) is 18.3 Å². The van der Waals surface area contributed by atoms with E-state index in [1.807, 2.05) is 23.6 Å². The Morgan fingerprint density at radius 2 is 2.07 bits per heavy atom. The number of nitrogens with one attached hydrogen (secondary N) is 1. The van der Waals surface area contributed by atoms with Crippen molar-refractivity contribution in [1.82, 2.24) is 34.3 Å². The topological polar surface area (TPSA) is 103 Å². The molecule has 136 valence electrons. The predicted molar refractivity (Wildman–Crippen MR) is 100 cm³/mol. The number of fused-ring (bicyclic) bond motifs is 1. The van der Waals surface area contributed by atoms with Crippen LogP contribution < -0.4 is 35.3 Å². The summed E-state index contributed by atoms with van der Waals surface area (Å²) in [5.74, 6) is 0.708. The van der Waals surface area contributed by atoms with Gasteiger partial charge in [0, 0.05) is 23.0 Å². The normalized spacial score (nSPS) is 10.8. The summed E-state index contributed by atoms with van der Waals surface area (Å²) < 4.78 is 17.0. The SMILES string of the molecule is C=C(N)c1cc(-c2n[nH]c(-c3c(F)cnn3[CH2-])n2)c2cnc(C(=C)C)n2c1.[Na+]. The Morgan fingerprint density at radius 1 is 1.32 bits per heavy atom. The molecule has 0 unspecified atom stereocenters. The Hall–Kier alpha value is -2.88. The van der Waals surface area contributed by atoms with Crippen molar-refractivity contribution < 1.29 is 33.9 Å². The van der Waals surface area contributed by atoms with Gasteiger partial charge in [-0.3, -0.25) is 9.50 Å². The van der Waals surface area contributed by atoms with E-state index in [1.165, 1.54) is 0 Å². The van der Waals surface area contributed by atoms with Gasteiger partial charge in [-0.05, 0) is 24.3 Å². The van der Waals surface area contributed by atoms with Crippen LogP contribution in [-0.2, 0) is 0 Å². The molecule has 0 aliphatic rings. The zero-order valence-electron chi connectivity index (χ0n) is 15.6. The third kappa shape index (κ3) is 3.13. The minimum Gasteiger partial charge on any atom is -0.399 e. The van der Waals surface area contributed by atoms with E-state index >= 15 is 0 Å². The monoisotopic (exact) mass is 386 g/mol. The van der Waals surface area contributed by atoms with Crippen molar-refractivity contribution >= 4 is 16.8 Å². The summed E-state index contributed by atoms with van der Waals surface area (Å²) in [7, 11) is 3.64. The third-order valence-electron chi connectivity index (χ3n) is 4.14. The standard InChI is InChI=1S/C18H16FN8.Na/c1-9(2)18-21-7-14-12(5-11(10(3)20)8-27(14)18)16-23-17(25-24-16)15-13(19)6-22-26(15)4;/h5-8H,1,3-4,20H2,2H3,(H,23,24,25);/q-1;+1. The van der Waals surface area contributed by atoms with E-state index in [2.05, 4.69) is 45.5 Å². The number of imidazole rings is 1. The van der Waals surface area contributed by atoms with Crippen LogP contribution in [0, 0.1) is 12.9 Å². The molecule has 4 aromatic heterocycles. The second-order valence-corrected chi connectivity index (χ2v) is 6.13. The maximum Gasteiger partial charge on any atom is 1.00 e. The molecule has 0 fully saturated rings. The van der Waals surface area contributed by atoms with Gasteiger partial charge in [-0.2, -0.15) is 12.1 Å². The third-order valence-corrected chi connectivity index (χ3v) is 4.14. The van der Waals surface area contributed by atoms with Crippen LogP contribution in [0.4, 0.5) is 4.39 Å². The van der Waals surface area contributed by atoms with Crippen LogP contribution in [0.15, 0.2) is 37.8 Å². The maximum atomic E-state index is 14.0. The molecule has 0 bridgehead atoms. The summed E-state index contributed by atoms with van der Waals surface area (Å²) in [4.78, 5) is 8.82. The van der Waals surface area contributed by atoms with E-state index in [0.29, 0.717) is 28.5 Å². The molecule has 0 saturated carbocycles. The molecular weight excluding hydrogens is 370 g/mol. The molecule has 0 spiro atoms. The Morgan fingerprint density at radius 3 is 2.68 bits per heavy atom. The van der Waals surface area contributed by atoms with Crippen LogP contribution in [0.25, 0.3) is 39.7 Å². The number of H-pyrrole nitrogens is 1. The molecule has 0 saturated heterocycles. The summed E-state index contributed by atoms with van der Waals surface area (Å²) in [5, 5.41) is 10.7. The number of nitrogens with two attached hydrogens (primary N) is 1. The van der Waals surface area contributed by atoms with Crippen molar-refractivity contribution in [3.63, 3.8) is 0 Å². The number of hydrogen-bond acceptors (Lipinski definition) is 5. The first-order valence-electron chi connectivity index (χ1n) is 7.96. The fourth-order valence-electron chi connectivity index (χ4n) is 2.85. The Bertz CT molecular complexity index is 1200. The molecule has 0 aliphatic heterocycles. The number of rotatable bonds is 4. The molecule has 0 aliphatic carbocycles. The number of aromatic amines is 1. The van der Waals surface area contributed by atoms with Crippen molar-refractivity contribution in [1.29, 1.82) is 0 Å². The number of hydrogen-bond donors (Lipinski definition) is 2. The summed E-state index contributed by atoms with van der Waals surface area (Å²) in [5.41, 5.74) is 9.30. The fourth-order valence-corrected chi connectivity index (χ4v) is 2.85. The van der Waals surface area contributed by atoms with Gasteiger partial charge < -0.3 is 10.4 Å². The zero-order chi connectivity index (χ0) is 19.3. The molecule has 4 aromatic rings. The smallest absolute Gasteiger partial charge is 0.399 e. The van der Waals surface area contributed by atoms with Gasteiger partial charge >= 0.3 is 29.6 Å². The summed E-state index contributed by atoms with van der Waals surface area (Å²) >= 11 is 0. The van der Waals surface area contributed by atoms with Gasteiger partial charge in [0.05, 0.1) is 29.6 Å². The molecule has 8 nitrogen and oxygen atoms in total. The Kier molecular flexibility index (Phi) is 5.16. The van der Waals surface area contributed by atoms with E-state index in [-0.39, 0.29) is 41.1 Å². The largest absolute Gasteiger partial charge is 1.00 e. The van der Waals surface area contributed by atoms with Crippen LogP contribution >= 0.6 is 0 Å². The Labute approximate surface area is 182 Å². The van der Waals surface area contributed by atoms with Gasteiger partial charge in [0.15, 0.2) is 5.82 Å². The fraction of sp³-hybridized carbons (Fsp3) is 0.0556. The van der Waals surface area contributed by atoms with E-state index in [4.69, 9.17) is 5.73 Å². The molecule has 0 atom stereocenters. The van der Waals surface area contributed by atoms with Gasteiger partial charge in [0.25, 0.3) is 0 Å². The summed E-state index contributed by atoms with van der Waals surface area (Å²) in [6.45, 7) is 9.61. The second-order valence-electron chi connectivity index (χ2n) is 6.13. The number of pyridine rings is 1. The molecule has 0 radical (unpaired) electrons. The van der Waals surface area contributed by atoms with Crippen LogP contribution in [0.5, 0.6) is 0 Å². The van der Waals surface area contributed by atoms with E-state index in [9.17, 15) is 4.39 Å². The Balaban J connectivity index is 0.00000225. The van der Waals surface area contributed by atoms with E-state index in [0.717, 1.165) is 22.0 Å². The molecule has 4 heterocycles. The molecule has 3 N–H and O–H groups in total. The second kappa shape index (κ2) is 7.27. The zero-order valence-corrected chi connectivity index (χ0v) is 17.6. The molecule has 10 heteroatoms. The van der Waals surface area contributed by atoms with Crippen LogP contribution in [-0.4, -0.2) is 34.3 Å². The average Bonchev–Trinajstić information content (AvgIpc) is 3.32. The molecule has 4 rings (SSSR count). The van der Waals surface area contributed by atoms with Crippen molar-refractivity contribution in [3.05, 3.63) is 62.1 Å². The molecule has 0 amide bonds. The maximum absolute atomic E-state index is 14.0. The minimum absolute atomic E-state index is 0. The quantitative estimate of drug-likeness (QED) is 0.371. The van der Waals surface area contributed by atoms with Crippen molar-refractivity contribution in [2.24, 2.45) is 5.73 Å². The van der Waals surface area contributed by atoms with Gasteiger partial charge in [0.1, 0.15) is 5.82 Å². The summed E-state index contributed by atoms with van der Waals surface area (Å²) in [6, 6.07) is 1.81. The van der Waals surface area contributed by atoms with Crippen molar-refractivity contribution in [2.75, 3.05) is 0 Å². The number of nitrogens with zero attached hydrogens (tertiary/aromatic N) is 6. The van der Waals surface area contributed by atoms with E-state index in [1.54, 1.807) is 6.20 Å². The molecule has 28 heavy (non-hydrogen) atoms. The van der Waals surface area contributed by atoms with Crippen molar-refractivity contribution in [3.8, 4) is 22.9 Å². The van der Waals surface area contributed by atoms with Gasteiger partial charge in [-0.15, -0.1) is 0 Å². The first-order chi connectivity index (χ1) is 12.9. The van der Waals surface area contributed by atoms with Crippen LogP contribution in [0.2, 0.25) is 0 Å². The van der Waals surface area contributed by atoms with E-state index < -0.39 is 5.82 Å². The average molecular weight is 386 g/mol. The number of allylic oxidation sites excluding steroid dienone is 1. The van der Waals surface area contributed by atoms with Gasteiger partial charge in [0.2, 0.25) is 0 Å². The van der Waals surface area contributed by atoms with Gasteiger partial charge in [-0.25, -0.2) is 19.5 Å². The van der Waals surface area contributed by atoms with Crippen LogP contribution in [0.3, 0.4) is 0 Å². The first kappa shape index (κ1) is 19.9. The minimum atomic E-state index is -0.546. The number of halogens is 1. The first-order valence-corrected chi connectivity index (χ1v) is 7.96. The summed E-state index contributed by atoms with van der Waals surface area (Å²) in [6.07, 6.45) is 4.60. The van der Waals surface area contributed by atoms with Gasteiger partial charge in [-0.1, -0.05) is 13.2 Å². The van der Waals surface area contributed by atoms with Crippen molar-refractivity contribution in [2.45, 2.75) is 6.92 Å².